The van der Waals surface area contributed by atoms with Crippen LogP contribution < -0.4 is 5.73 Å². The minimum atomic E-state index is -1.21. The van der Waals surface area contributed by atoms with Crippen LogP contribution in [0.4, 0.5) is 0 Å². The molecular weight excluding hydrogens is 304 g/mol. The fourth-order valence-electron chi connectivity index (χ4n) is 1.29. The van der Waals surface area contributed by atoms with Gasteiger partial charge in [-0.3, -0.25) is 8.42 Å². The summed E-state index contributed by atoms with van der Waals surface area (Å²) >= 11 is 4.14. The molecule has 7 heteroatoms. The van der Waals surface area contributed by atoms with Crippen LogP contribution >= 0.6 is 12.6 Å². The zero-order valence-corrected chi connectivity index (χ0v) is 14.2. The minimum Gasteiger partial charge on any atom is -0.401 e. The Morgan fingerprint density at radius 2 is 1.87 bits per heavy atom. The van der Waals surface area contributed by atoms with Crippen molar-refractivity contribution >= 4 is 34.2 Å². The molecule has 2 unspecified atom stereocenters. The Hall–Kier alpha value is 0.553. The minimum absolute atomic E-state index is 0. The molecule has 82 valence electrons. The molecule has 0 heterocycles. The van der Waals surface area contributed by atoms with Gasteiger partial charge in [-0.15, -0.1) is 12.6 Å². The van der Waals surface area contributed by atoms with Crippen LogP contribution in [-0.4, -0.2) is 25.0 Å². The summed E-state index contributed by atoms with van der Waals surface area (Å²) in [4.78, 5) is 0.663. The van der Waals surface area contributed by atoms with E-state index in [4.69, 9.17) is 5.73 Å². The zero-order chi connectivity index (χ0) is 10.9. The van der Waals surface area contributed by atoms with Gasteiger partial charge in [-0.1, -0.05) is 6.08 Å². The van der Waals surface area contributed by atoms with Crippen LogP contribution in [0.5, 0.6) is 0 Å². The van der Waals surface area contributed by atoms with E-state index in [1.807, 2.05) is 0 Å². The average molecular weight is 317 g/mol. The third-order valence-corrected chi connectivity index (χ3v) is 6.59. The first-order chi connectivity index (χ1) is 6.40. The zero-order valence-electron chi connectivity index (χ0n) is 8.73. The molecule has 0 spiro atoms. The molecule has 0 saturated heterocycles. The van der Waals surface area contributed by atoms with E-state index >= 15 is 0 Å². The number of hydrogen-bond acceptors (Lipinski definition) is 4. The summed E-state index contributed by atoms with van der Waals surface area (Å²) in [6, 6.07) is 0. The summed E-state index contributed by atoms with van der Waals surface area (Å²) in [5, 5.41) is 0. The summed E-state index contributed by atoms with van der Waals surface area (Å²) in [7, 11) is -2.42. The summed E-state index contributed by atoms with van der Waals surface area (Å²) in [6.45, 7) is 0. The standard InChI is InChI=1S/C8H13NO2S3.Zn/c1-13(10)8(14(2)11)4-3-7(12)6(9)5-8;/h3-4,12H,5,9H2,1-2H3;. The SMILES string of the molecule is CS(=O)C1(S(C)=O)C=CC(S)=C(N)C1.[Zn]. The molecule has 0 aromatic carbocycles. The van der Waals surface area contributed by atoms with Crippen molar-refractivity contribution in [1.29, 1.82) is 0 Å². The topological polar surface area (TPSA) is 60.2 Å². The molecule has 0 fully saturated rings. The van der Waals surface area contributed by atoms with Gasteiger partial charge in [0.15, 0.2) is 0 Å². The molecule has 0 bridgehead atoms. The third-order valence-electron chi connectivity index (χ3n) is 2.23. The molecule has 2 atom stereocenters. The van der Waals surface area contributed by atoms with Crippen LogP contribution in [0.15, 0.2) is 22.8 Å². The molecule has 1 aliphatic carbocycles. The fraction of sp³-hybridized carbons (Fsp3) is 0.500. The molecule has 0 amide bonds. The molecule has 0 aromatic rings. The van der Waals surface area contributed by atoms with E-state index in [2.05, 4.69) is 12.6 Å². The van der Waals surface area contributed by atoms with Crippen LogP contribution in [0.1, 0.15) is 6.42 Å². The van der Waals surface area contributed by atoms with Crippen molar-refractivity contribution in [3.8, 4) is 0 Å². The molecule has 1 aliphatic rings. The third kappa shape index (κ3) is 3.02. The van der Waals surface area contributed by atoms with Crippen LogP contribution in [-0.2, 0) is 41.1 Å². The quantitative estimate of drug-likeness (QED) is 0.576. The fourth-order valence-corrected chi connectivity index (χ4v) is 4.00. The van der Waals surface area contributed by atoms with Crippen LogP contribution in [0, 0.1) is 0 Å². The predicted molar refractivity (Wildman–Crippen MR) is 64.8 cm³/mol. The molecule has 0 aliphatic heterocycles. The van der Waals surface area contributed by atoms with Crippen LogP contribution in [0.3, 0.4) is 0 Å². The van der Waals surface area contributed by atoms with Gasteiger partial charge in [-0.2, -0.15) is 0 Å². The van der Waals surface area contributed by atoms with E-state index in [1.165, 1.54) is 0 Å². The average Bonchev–Trinajstić information content (AvgIpc) is 2.09. The first kappa shape index (κ1) is 15.6. The first-order valence-electron chi connectivity index (χ1n) is 3.94. The van der Waals surface area contributed by atoms with Crippen molar-refractivity contribution in [2.75, 3.05) is 12.5 Å². The van der Waals surface area contributed by atoms with Gasteiger partial charge in [0.25, 0.3) is 0 Å². The Labute approximate surface area is 113 Å². The number of thiol groups is 1. The van der Waals surface area contributed by atoms with E-state index in [9.17, 15) is 8.42 Å². The van der Waals surface area contributed by atoms with Crippen LogP contribution in [0.25, 0.3) is 0 Å². The molecule has 3 nitrogen and oxygen atoms in total. The smallest absolute Gasteiger partial charge is 0.144 e. The van der Waals surface area contributed by atoms with Crippen molar-refractivity contribution in [2.45, 2.75) is 10.5 Å². The largest absolute Gasteiger partial charge is 0.401 e. The summed E-state index contributed by atoms with van der Waals surface area (Å²) in [5.74, 6) is 0. The van der Waals surface area contributed by atoms with Crippen molar-refractivity contribution in [1.82, 2.24) is 0 Å². The Bertz CT molecular complexity index is 351. The van der Waals surface area contributed by atoms with Crippen LogP contribution in [0.2, 0.25) is 0 Å². The van der Waals surface area contributed by atoms with Gasteiger partial charge < -0.3 is 5.73 Å². The first-order valence-corrected chi connectivity index (χ1v) is 7.50. The van der Waals surface area contributed by atoms with Crippen molar-refractivity contribution in [3.05, 3.63) is 22.8 Å². The Morgan fingerprint density at radius 1 is 1.40 bits per heavy atom. The number of nitrogens with two attached hydrogens (primary N) is 1. The molecule has 1 rings (SSSR count). The maximum absolute atomic E-state index is 11.6. The van der Waals surface area contributed by atoms with Crippen molar-refractivity contribution < 1.29 is 27.9 Å². The molecule has 15 heavy (non-hydrogen) atoms. The second-order valence-electron chi connectivity index (χ2n) is 3.14. The van der Waals surface area contributed by atoms with Gasteiger partial charge in [-0.05, 0) is 6.08 Å². The van der Waals surface area contributed by atoms with Gasteiger partial charge in [-0.25, -0.2) is 0 Å². The maximum Gasteiger partial charge on any atom is 0.144 e. The summed E-state index contributed by atoms with van der Waals surface area (Å²) in [5.41, 5.74) is 6.26. The molecule has 2 N–H and O–H groups in total. The second-order valence-corrected chi connectivity index (χ2v) is 7.15. The number of hydrogen-bond donors (Lipinski definition) is 2. The molecule has 0 aromatic heterocycles. The molecule has 0 radical (unpaired) electrons. The Balaban J connectivity index is 0.00000196. The summed E-state index contributed by atoms with van der Waals surface area (Å²) < 4.78 is 22.3. The number of rotatable bonds is 2. The van der Waals surface area contributed by atoms with Crippen molar-refractivity contribution in [3.63, 3.8) is 0 Å². The van der Waals surface area contributed by atoms with E-state index in [0.29, 0.717) is 17.0 Å². The van der Waals surface area contributed by atoms with E-state index in [-0.39, 0.29) is 19.5 Å². The normalized spacial score (nSPS) is 29.5. The molecule has 0 saturated carbocycles. The summed E-state index contributed by atoms with van der Waals surface area (Å²) in [6.07, 6.45) is 6.79. The van der Waals surface area contributed by atoms with Gasteiger partial charge in [0.1, 0.15) is 4.08 Å². The predicted octanol–water partition coefficient (Wildman–Crippen LogP) is 0.497. The Morgan fingerprint density at radius 3 is 2.20 bits per heavy atom. The van der Waals surface area contributed by atoms with E-state index < -0.39 is 25.7 Å². The maximum atomic E-state index is 11.6. The number of allylic oxidation sites excluding steroid dienone is 2. The van der Waals surface area contributed by atoms with Gasteiger partial charge in [0.2, 0.25) is 0 Å². The second kappa shape index (κ2) is 5.75. The molecular formula is C8H13NO2S3Zn. The van der Waals surface area contributed by atoms with Gasteiger partial charge in [0, 0.05) is 70.6 Å². The van der Waals surface area contributed by atoms with Gasteiger partial charge >= 0.3 is 0 Å². The van der Waals surface area contributed by atoms with E-state index in [0.717, 1.165) is 0 Å². The van der Waals surface area contributed by atoms with Gasteiger partial charge in [0.05, 0.1) is 0 Å². The van der Waals surface area contributed by atoms with Crippen molar-refractivity contribution in [2.24, 2.45) is 5.73 Å². The monoisotopic (exact) mass is 315 g/mol. The van der Waals surface area contributed by atoms with E-state index in [1.54, 1.807) is 24.7 Å². The Kier molecular flexibility index (Phi) is 5.97.